The van der Waals surface area contributed by atoms with Crippen molar-refractivity contribution in [2.45, 2.75) is 18.9 Å². The number of nitrogens with zero attached hydrogens (tertiary/aromatic N) is 4. The van der Waals surface area contributed by atoms with E-state index in [1.165, 1.54) is 29.9 Å². The number of amides is 1. The van der Waals surface area contributed by atoms with Crippen molar-refractivity contribution in [3.63, 3.8) is 0 Å². The second kappa shape index (κ2) is 10.9. The Balaban J connectivity index is 1.10. The molecule has 0 aliphatic carbocycles. The van der Waals surface area contributed by atoms with Gasteiger partial charge in [-0.1, -0.05) is 6.07 Å². The molecule has 1 aliphatic rings. The Kier molecular flexibility index (Phi) is 7.04. The van der Waals surface area contributed by atoms with Crippen LogP contribution in [0.15, 0.2) is 90.4 Å². The molecule has 198 valence electrons. The molecule has 8 heteroatoms. The number of hydrogen-bond donors (Lipinski definition) is 2. The maximum absolute atomic E-state index is 12.4. The highest BCUT2D eigenvalue weighted by atomic mass is 32.1. The topological polar surface area (TPSA) is 65.4 Å². The second-order valence-corrected chi connectivity index (χ2v) is 11.1. The lowest BCUT2D eigenvalue weighted by molar-refractivity contribution is 0.103. The molecule has 1 saturated heterocycles. The highest BCUT2D eigenvalue weighted by molar-refractivity contribution is 7.12. The zero-order chi connectivity index (χ0) is 26.8. The van der Waals surface area contributed by atoms with Crippen LogP contribution >= 0.6 is 11.3 Å². The van der Waals surface area contributed by atoms with Crippen molar-refractivity contribution < 1.29 is 4.79 Å². The minimum absolute atomic E-state index is 0.0980. The van der Waals surface area contributed by atoms with Gasteiger partial charge in [-0.2, -0.15) is 5.10 Å². The van der Waals surface area contributed by atoms with Crippen LogP contribution in [0.25, 0.3) is 16.6 Å². The standard InChI is InChI=1S/C31H32N6OS/c1-35(2)26-15-17-36(18-16-26)27-10-5-23(6-11-27)33-24-7-12-28(13-8-24)37-29-14-9-25(20-22(29)21-32-37)34-31(38)30-4-3-19-39-30/h3-14,19-21,26,33H,15-18H2,1-2H3,(H,34,38). The van der Waals surface area contributed by atoms with Gasteiger partial charge in [0.2, 0.25) is 0 Å². The van der Waals surface area contributed by atoms with Gasteiger partial charge in [0.25, 0.3) is 5.91 Å². The van der Waals surface area contributed by atoms with Gasteiger partial charge in [-0.15, -0.1) is 11.3 Å². The van der Waals surface area contributed by atoms with E-state index in [1.54, 1.807) is 0 Å². The van der Waals surface area contributed by atoms with E-state index in [9.17, 15) is 4.79 Å². The molecule has 0 unspecified atom stereocenters. The Morgan fingerprint density at radius 2 is 1.56 bits per heavy atom. The summed E-state index contributed by atoms with van der Waals surface area (Å²) < 4.78 is 1.91. The number of carbonyl (C=O) groups excluding carboxylic acids is 1. The molecule has 0 bridgehead atoms. The Morgan fingerprint density at radius 3 is 2.21 bits per heavy atom. The lowest BCUT2D eigenvalue weighted by Crippen LogP contribution is -2.41. The van der Waals surface area contributed by atoms with E-state index >= 15 is 0 Å². The fourth-order valence-corrected chi connectivity index (χ4v) is 5.78. The molecular weight excluding hydrogens is 504 g/mol. The van der Waals surface area contributed by atoms with E-state index in [2.05, 4.69) is 88.2 Å². The summed E-state index contributed by atoms with van der Waals surface area (Å²) in [6, 6.07) is 27.2. The summed E-state index contributed by atoms with van der Waals surface area (Å²) in [4.78, 5) is 17.9. The zero-order valence-corrected chi connectivity index (χ0v) is 23.0. The molecule has 1 amide bonds. The van der Waals surface area contributed by atoms with Crippen LogP contribution in [0, 0.1) is 0 Å². The Bertz CT molecular complexity index is 1550. The van der Waals surface area contributed by atoms with E-state index in [0.717, 1.165) is 46.7 Å². The lowest BCUT2D eigenvalue weighted by Gasteiger charge is -2.36. The molecule has 39 heavy (non-hydrogen) atoms. The highest BCUT2D eigenvalue weighted by Gasteiger charge is 2.20. The predicted molar refractivity (Wildman–Crippen MR) is 162 cm³/mol. The fourth-order valence-electron chi connectivity index (χ4n) is 5.17. The Labute approximate surface area is 232 Å². The molecule has 0 atom stereocenters. The lowest BCUT2D eigenvalue weighted by atomic mass is 10.0. The second-order valence-electron chi connectivity index (χ2n) is 10.2. The maximum atomic E-state index is 12.4. The van der Waals surface area contributed by atoms with E-state index in [0.29, 0.717) is 10.9 Å². The first kappa shape index (κ1) is 25.2. The van der Waals surface area contributed by atoms with Crippen LogP contribution in [0.5, 0.6) is 0 Å². The summed E-state index contributed by atoms with van der Waals surface area (Å²) in [5.74, 6) is -0.0980. The molecular formula is C31H32N6OS. The number of carbonyl (C=O) groups is 1. The van der Waals surface area contributed by atoms with Gasteiger partial charge in [-0.05, 0) is 105 Å². The normalized spacial score (nSPS) is 14.2. The average Bonchev–Trinajstić information content (AvgIpc) is 3.65. The van der Waals surface area contributed by atoms with Gasteiger partial charge in [0.05, 0.1) is 22.3 Å². The third kappa shape index (κ3) is 5.53. The van der Waals surface area contributed by atoms with E-state index in [-0.39, 0.29) is 5.91 Å². The summed E-state index contributed by atoms with van der Waals surface area (Å²) in [5, 5.41) is 13.9. The molecule has 0 radical (unpaired) electrons. The van der Waals surface area contributed by atoms with E-state index < -0.39 is 0 Å². The van der Waals surface area contributed by atoms with Gasteiger partial charge in [-0.3, -0.25) is 4.79 Å². The number of hydrogen-bond acceptors (Lipinski definition) is 6. The van der Waals surface area contributed by atoms with Crippen molar-refractivity contribution in [3.05, 3.63) is 95.3 Å². The smallest absolute Gasteiger partial charge is 0.265 e. The zero-order valence-electron chi connectivity index (χ0n) is 22.2. The highest BCUT2D eigenvalue weighted by Crippen LogP contribution is 2.27. The number of nitrogens with one attached hydrogen (secondary N) is 2. The number of benzene rings is 3. The van der Waals surface area contributed by atoms with Crippen molar-refractivity contribution >= 4 is 50.9 Å². The predicted octanol–water partition coefficient (Wildman–Crippen LogP) is 6.61. The molecule has 6 rings (SSSR count). The van der Waals surface area contributed by atoms with Gasteiger partial charge < -0.3 is 20.4 Å². The third-order valence-corrected chi connectivity index (χ3v) is 8.27. The first-order valence-corrected chi connectivity index (χ1v) is 14.1. The first-order valence-electron chi connectivity index (χ1n) is 13.2. The fraction of sp³-hybridized carbons (Fsp3) is 0.226. The Hall–Kier alpha value is -4.14. The average molecular weight is 537 g/mol. The van der Waals surface area contributed by atoms with Crippen LogP contribution in [0.2, 0.25) is 0 Å². The van der Waals surface area contributed by atoms with Crippen molar-refractivity contribution in [3.8, 4) is 5.69 Å². The molecule has 1 aliphatic heterocycles. The molecule has 7 nitrogen and oxygen atoms in total. The van der Waals surface area contributed by atoms with Gasteiger partial charge in [-0.25, -0.2) is 4.68 Å². The van der Waals surface area contributed by atoms with Crippen molar-refractivity contribution in [1.29, 1.82) is 0 Å². The quantitative estimate of drug-likeness (QED) is 0.245. The monoisotopic (exact) mass is 536 g/mol. The van der Waals surface area contributed by atoms with Gasteiger partial charge in [0, 0.05) is 47.3 Å². The summed E-state index contributed by atoms with van der Waals surface area (Å²) in [7, 11) is 4.35. The molecule has 2 N–H and O–H groups in total. The van der Waals surface area contributed by atoms with Crippen LogP contribution in [-0.2, 0) is 0 Å². The molecule has 3 aromatic carbocycles. The minimum Gasteiger partial charge on any atom is -0.371 e. The summed E-state index contributed by atoms with van der Waals surface area (Å²) in [5.41, 5.74) is 6.08. The Morgan fingerprint density at radius 1 is 0.897 bits per heavy atom. The maximum Gasteiger partial charge on any atom is 0.265 e. The summed E-state index contributed by atoms with van der Waals surface area (Å²) in [6.45, 7) is 2.20. The number of thiophene rings is 1. The van der Waals surface area contributed by atoms with Crippen molar-refractivity contribution in [1.82, 2.24) is 14.7 Å². The minimum atomic E-state index is -0.0980. The SMILES string of the molecule is CN(C)C1CCN(c2ccc(Nc3ccc(-n4ncc5cc(NC(=O)c6cccs6)ccc54)cc3)cc2)CC1. The largest absolute Gasteiger partial charge is 0.371 e. The number of fused-ring (bicyclic) bond motifs is 1. The van der Waals surface area contributed by atoms with Crippen molar-refractivity contribution in [2.24, 2.45) is 0 Å². The first-order chi connectivity index (χ1) is 19.0. The van der Waals surface area contributed by atoms with Crippen LogP contribution in [0.3, 0.4) is 0 Å². The van der Waals surface area contributed by atoms with Crippen molar-refractivity contribution in [2.75, 3.05) is 42.7 Å². The van der Waals surface area contributed by atoms with Crippen LogP contribution < -0.4 is 15.5 Å². The number of aromatic nitrogens is 2. The van der Waals surface area contributed by atoms with Gasteiger partial charge >= 0.3 is 0 Å². The number of piperidine rings is 1. The van der Waals surface area contributed by atoms with Gasteiger partial charge in [0.15, 0.2) is 0 Å². The summed E-state index contributed by atoms with van der Waals surface area (Å²) in [6.07, 6.45) is 4.24. The van der Waals surface area contributed by atoms with Crippen LogP contribution in [0.1, 0.15) is 22.5 Å². The molecule has 2 aromatic heterocycles. The van der Waals surface area contributed by atoms with Gasteiger partial charge in [0.1, 0.15) is 0 Å². The molecule has 3 heterocycles. The van der Waals surface area contributed by atoms with E-state index in [1.807, 2.05) is 46.6 Å². The third-order valence-electron chi connectivity index (χ3n) is 7.40. The molecule has 0 saturated carbocycles. The van der Waals surface area contributed by atoms with Crippen LogP contribution in [0.4, 0.5) is 22.7 Å². The molecule has 0 spiro atoms. The number of anilines is 4. The van der Waals surface area contributed by atoms with E-state index in [4.69, 9.17) is 0 Å². The molecule has 1 fully saturated rings. The van der Waals surface area contributed by atoms with Crippen LogP contribution in [-0.4, -0.2) is 53.8 Å². The number of rotatable bonds is 7. The summed E-state index contributed by atoms with van der Waals surface area (Å²) >= 11 is 1.43. The molecule has 5 aromatic rings.